The predicted molar refractivity (Wildman–Crippen MR) is 80.2 cm³/mol. The Morgan fingerprint density at radius 2 is 1.80 bits per heavy atom. The van der Waals surface area contributed by atoms with Crippen LogP contribution in [0.5, 0.6) is 0 Å². The summed E-state index contributed by atoms with van der Waals surface area (Å²) in [5.74, 6) is 0. The monoisotopic (exact) mass is 286 g/mol. The van der Waals surface area contributed by atoms with Gasteiger partial charge >= 0.3 is 6.03 Å². The Bertz CT molecular complexity index is 754. The van der Waals surface area contributed by atoms with Crippen molar-refractivity contribution in [3.05, 3.63) is 53.8 Å². The number of urea groups is 1. The van der Waals surface area contributed by atoms with Crippen LogP contribution in [0.4, 0.5) is 16.2 Å². The zero-order chi connectivity index (χ0) is 13.9. The van der Waals surface area contributed by atoms with E-state index in [-0.39, 0.29) is 6.03 Å². The molecule has 0 saturated carbocycles. The van der Waals surface area contributed by atoms with Crippen molar-refractivity contribution in [2.24, 2.45) is 0 Å². The van der Waals surface area contributed by atoms with Crippen LogP contribution in [0.2, 0.25) is 5.28 Å². The molecule has 0 fully saturated rings. The van der Waals surface area contributed by atoms with Crippen molar-refractivity contribution in [1.29, 1.82) is 0 Å². The molecule has 0 unspecified atom stereocenters. The van der Waals surface area contributed by atoms with E-state index in [9.17, 15) is 4.79 Å². The molecule has 1 aromatic heterocycles. The van der Waals surface area contributed by atoms with E-state index in [1.807, 2.05) is 30.3 Å². The van der Waals surface area contributed by atoms with Crippen LogP contribution in [0.1, 0.15) is 0 Å². The Balaban J connectivity index is 1.74. The summed E-state index contributed by atoms with van der Waals surface area (Å²) in [6.45, 7) is 0. The number of rotatable bonds is 2. The molecule has 0 atom stereocenters. The number of nitrogens with zero attached hydrogens (tertiary/aromatic N) is 1. The molecule has 0 saturated heterocycles. The molecule has 0 aliphatic rings. The fourth-order valence-electron chi connectivity index (χ4n) is 1.87. The average Bonchev–Trinajstić information content (AvgIpc) is 2.79. The number of imidazole rings is 1. The summed E-state index contributed by atoms with van der Waals surface area (Å²) >= 11 is 5.78. The second-order valence-corrected chi connectivity index (χ2v) is 4.56. The van der Waals surface area contributed by atoms with E-state index in [0.29, 0.717) is 11.0 Å². The van der Waals surface area contributed by atoms with Crippen LogP contribution in [-0.2, 0) is 0 Å². The van der Waals surface area contributed by atoms with E-state index >= 15 is 0 Å². The second kappa shape index (κ2) is 5.22. The van der Waals surface area contributed by atoms with Gasteiger partial charge < -0.3 is 15.6 Å². The van der Waals surface area contributed by atoms with Gasteiger partial charge in [0, 0.05) is 11.4 Å². The maximum atomic E-state index is 11.8. The number of benzene rings is 2. The third kappa shape index (κ3) is 2.73. The largest absolute Gasteiger partial charge is 0.329 e. The zero-order valence-electron chi connectivity index (χ0n) is 10.4. The molecule has 0 radical (unpaired) electrons. The third-order valence-corrected chi connectivity index (χ3v) is 2.92. The number of anilines is 2. The van der Waals surface area contributed by atoms with Gasteiger partial charge in [-0.2, -0.15) is 0 Å². The number of carbonyl (C=O) groups is 1. The molecule has 3 rings (SSSR count). The lowest BCUT2D eigenvalue weighted by molar-refractivity contribution is 0.262. The van der Waals surface area contributed by atoms with Gasteiger partial charge in [0.25, 0.3) is 0 Å². The number of aromatic amines is 1. The standard InChI is InChI=1S/C14H11ClN4O/c15-13-18-11-7-6-10(8-12(11)19-13)17-14(20)16-9-4-2-1-3-5-9/h1-8H,(H,18,19)(H2,16,17,20). The molecular formula is C14H11ClN4O. The number of aromatic nitrogens is 2. The summed E-state index contributed by atoms with van der Waals surface area (Å²) in [5, 5.41) is 5.82. The van der Waals surface area contributed by atoms with Crippen LogP contribution >= 0.6 is 11.6 Å². The van der Waals surface area contributed by atoms with Crippen molar-refractivity contribution in [1.82, 2.24) is 9.97 Å². The van der Waals surface area contributed by atoms with E-state index in [1.54, 1.807) is 18.2 Å². The maximum absolute atomic E-state index is 11.8. The molecule has 3 N–H and O–H groups in total. The van der Waals surface area contributed by atoms with Crippen LogP contribution < -0.4 is 10.6 Å². The van der Waals surface area contributed by atoms with E-state index in [4.69, 9.17) is 11.6 Å². The Hall–Kier alpha value is -2.53. The molecule has 2 aromatic carbocycles. The van der Waals surface area contributed by atoms with Crippen LogP contribution in [0, 0.1) is 0 Å². The van der Waals surface area contributed by atoms with Gasteiger partial charge in [-0.05, 0) is 41.9 Å². The summed E-state index contributed by atoms with van der Waals surface area (Å²) in [6, 6.07) is 14.3. The summed E-state index contributed by atoms with van der Waals surface area (Å²) in [4.78, 5) is 18.8. The maximum Gasteiger partial charge on any atom is 0.323 e. The minimum absolute atomic E-state index is 0.304. The highest BCUT2D eigenvalue weighted by atomic mass is 35.5. The van der Waals surface area contributed by atoms with E-state index in [0.717, 1.165) is 16.7 Å². The van der Waals surface area contributed by atoms with E-state index in [2.05, 4.69) is 20.6 Å². The summed E-state index contributed by atoms with van der Waals surface area (Å²) in [5.41, 5.74) is 2.92. The Morgan fingerprint density at radius 3 is 2.60 bits per heavy atom. The molecule has 6 heteroatoms. The van der Waals surface area contributed by atoms with Crippen molar-refractivity contribution in [2.75, 3.05) is 10.6 Å². The molecule has 2 amide bonds. The zero-order valence-corrected chi connectivity index (χ0v) is 11.1. The highest BCUT2D eigenvalue weighted by molar-refractivity contribution is 6.29. The first kappa shape index (κ1) is 12.5. The van der Waals surface area contributed by atoms with Crippen molar-refractivity contribution in [2.45, 2.75) is 0 Å². The quantitative estimate of drug-likeness (QED) is 0.669. The first-order chi connectivity index (χ1) is 9.70. The average molecular weight is 287 g/mol. The van der Waals surface area contributed by atoms with Crippen molar-refractivity contribution in [3.8, 4) is 0 Å². The highest BCUT2D eigenvalue weighted by Crippen LogP contribution is 2.19. The molecule has 0 aliphatic carbocycles. The topological polar surface area (TPSA) is 69.8 Å². The number of amides is 2. The minimum Gasteiger partial charge on any atom is -0.329 e. The van der Waals surface area contributed by atoms with Crippen molar-refractivity contribution >= 4 is 40.0 Å². The van der Waals surface area contributed by atoms with Gasteiger partial charge in [0.1, 0.15) is 0 Å². The Morgan fingerprint density at radius 1 is 1.05 bits per heavy atom. The number of fused-ring (bicyclic) bond motifs is 1. The fourth-order valence-corrected chi connectivity index (χ4v) is 2.06. The van der Waals surface area contributed by atoms with E-state index < -0.39 is 0 Å². The number of hydrogen-bond donors (Lipinski definition) is 3. The molecule has 0 spiro atoms. The Kier molecular flexibility index (Phi) is 3.26. The minimum atomic E-state index is -0.304. The first-order valence-corrected chi connectivity index (χ1v) is 6.37. The summed E-state index contributed by atoms with van der Waals surface area (Å²) in [7, 11) is 0. The molecule has 5 nitrogen and oxygen atoms in total. The third-order valence-electron chi connectivity index (χ3n) is 2.74. The van der Waals surface area contributed by atoms with Crippen LogP contribution in [0.15, 0.2) is 48.5 Å². The van der Waals surface area contributed by atoms with Crippen LogP contribution in [0.3, 0.4) is 0 Å². The predicted octanol–water partition coefficient (Wildman–Crippen LogP) is 3.86. The second-order valence-electron chi connectivity index (χ2n) is 4.20. The number of halogens is 1. The first-order valence-electron chi connectivity index (χ1n) is 5.99. The number of H-pyrrole nitrogens is 1. The molecule has 0 aliphatic heterocycles. The summed E-state index contributed by atoms with van der Waals surface area (Å²) < 4.78 is 0. The van der Waals surface area contributed by atoms with Gasteiger partial charge in [0.05, 0.1) is 11.0 Å². The van der Waals surface area contributed by atoms with Gasteiger partial charge in [-0.3, -0.25) is 0 Å². The van der Waals surface area contributed by atoms with Crippen molar-refractivity contribution < 1.29 is 4.79 Å². The lowest BCUT2D eigenvalue weighted by atomic mass is 10.3. The van der Waals surface area contributed by atoms with Crippen LogP contribution in [0.25, 0.3) is 11.0 Å². The summed E-state index contributed by atoms with van der Waals surface area (Å²) in [6.07, 6.45) is 0. The normalized spacial score (nSPS) is 10.4. The number of para-hydroxylation sites is 1. The van der Waals surface area contributed by atoms with E-state index in [1.165, 1.54) is 0 Å². The molecule has 100 valence electrons. The van der Waals surface area contributed by atoms with Crippen LogP contribution in [-0.4, -0.2) is 16.0 Å². The van der Waals surface area contributed by atoms with Gasteiger partial charge in [0.15, 0.2) is 0 Å². The molecular weight excluding hydrogens is 276 g/mol. The molecule has 1 heterocycles. The lowest BCUT2D eigenvalue weighted by Gasteiger charge is -2.07. The molecule has 3 aromatic rings. The highest BCUT2D eigenvalue weighted by Gasteiger charge is 2.05. The number of carbonyl (C=O) groups excluding carboxylic acids is 1. The SMILES string of the molecule is O=C(Nc1ccccc1)Nc1ccc2nc(Cl)[nH]c2c1. The molecule has 20 heavy (non-hydrogen) atoms. The number of hydrogen-bond acceptors (Lipinski definition) is 2. The van der Waals surface area contributed by atoms with Gasteiger partial charge in [-0.1, -0.05) is 18.2 Å². The smallest absolute Gasteiger partial charge is 0.323 e. The van der Waals surface area contributed by atoms with Gasteiger partial charge in [-0.25, -0.2) is 9.78 Å². The van der Waals surface area contributed by atoms with Gasteiger partial charge in [0.2, 0.25) is 5.28 Å². The molecule has 0 bridgehead atoms. The van der Waals surface area contributed by atoms with Gasteiger partial charge in [-0.15, -0.1) is 0 Å². The Labute approximate surface area is 120 Å². The lowest BCUT2D eigenvalue weighted by Crippen LogP contribution is -2.19. The van der Waals surface area contributed by atoms with Crippen molar-refractivity contribution in [3.63, 3.8) is 0 Å². The fraction of sp³-hybridized carbons (Fsp3) is 0. The number of nitrogens with one attached hydrogen (secondary N) is 3.